The number of nitrogens with zero attached hydrogens (tertiary/aromatic N) is 1. The van der Waals surface area contributed by atoms with Gasteiger partial charge in [-0.05, 0) is 19.2 Å². The molecule has 0 aromatic rings. The third kappa shape index (κ3) is 4.58. The van der Waals surface area contributed by atoms with E-state index in [1.165, 1.54) is 0 Å². The van der Waals surface area contributed by atoms with E-state index in [2.05, 4.69) is 0 Å². The number of hydrogen-bond donors (Lipinski definition) is 0. The minimum Gasteiger partial charge on any atom is -0.465 e. The number of halogens is 1. The Balaban J connectivity index is 0.00000144. The van der Waals surface area contributed by atoms with E-state index in [1.807, 2.05) is 36.3 Å². The first-order chi connectivity index (χ1) is 5.83. The predicted octanol–water partition coefficient (Wildman–Crippen LogP) is 1.36. The fourth-order valence-electron chi connectivity index (χ4n) is 0.997. The number of allylic oxidation sites excluding steroid dienone is 2. The average molecular weight is 204 g/mol. The molecule has 1 aliphatic heterocycles. The molecule has 0 amide bonds. The van der Waals surface area contributed by atoms with Crippen molar-refractivity contribution in [3.63, 3.8) is 0 Å². The van der Waals surface area contributed by atoms with Gasteiger partial charge in [-0.1, -0.05) is 12.2 Å². The maximum atomic E-state index is 11.0. The summed E-state index contributed by atoms with van der Waals surface area (Å²) in [5.41, 5.74) is 0. The summed E-state index contributed by atoms with van der Waals surface area (Å²) >= 11 is 0. The zero-order valence-electron chi connectivity index (χ0n) is 7.60. The molecule has 1 heterocycles. The molecule has 0 unspecified atom stereocenters. The first kappa shape index (κ1) is 12.0. The zero-order chi connectivity index (χ0) is 8.81. The average Bonchev–Trinajstić information content (AvgIpc) is 2.06. The molecular weight excluding hydrogens is 190 g/mol. The Morgan fingerprint density at radius 2 is 2.31 bits per heavy atom. The van der Waals surface area contributed by atoms with Crippen LogP contribution in [0.4, 0.5) is 0 Å². The lowest BCUT2D eigenvalue weighted by atomic mass is 10.3. The fraction of sp³-hybridized carbons (Fsp3) is 0.444. The van der Waals surface area contributed by atoms with Crippen LogP contribution in [0, 0.1) is 0 Å². The minimum atomic E-state index is -0.169. The number of ether oxygens (including phenoxy) is 1. The highest BCUT2D eigenvalue weighted by atomic mass is 35.5. The van der Waals surface area contributed by atoms with Crippen LogP contribution in [-0.2, 0) is 9.53 Å². The van der Waals surface area contributed by atoms with Gasteiger partial charge >= 0.3 is 5.97 Å². The van der Waals surface area contributed by atoms with Crippen molar-refractivity contribution < 1.29 is 9.53 Å². The minimum absolute atomic E-state index is 0. The Labute approximate surface area is 84.5 Å². The van der Waals surface area contributed by atoms with Gasteiger partial charge in [-0.25, -0.2) is 0 Å². The standard InChI is InChI=1S/C9H13NO2.ClH/c1-2-12-9(11)8-10-6-4-3-5-7-10;/h3-6H,2,7-8H2,1H3;1H. The molecular formula is C9H14ClNO2. The van der Waals surface area contributed by atoms with Crippen LogP contribution >= 0.6 is 12.4 Å². The topological polar surface area (TPSA) is 29.5 Å². The van der Waals surface area contributed by atoms with E-state index in [-0.39, 0.29) is 18.4 Å². The first-order valence-electron chi connectivity index (χ1n) is 4.06. The summed E-state index contributed by atoms with van der Waals surface area (Å²) in [6, 6.07) is 0. The Kier molecular flexibility index (Phi) is 6.06. The van der Waals surface area contributed by atoms with Gasteiger partial charge in [0.15, 0.2) is 0 Å². The summed E-state index contributed by atoms with van der Waals surface area (Å²) in [4.78, 5) is 12.9. The molecule has 0 N–H and O–H groups in total. The van der Waals surface area contributed by atoms with Crippen LogP contribution in [0.3, 0.4) is 0 Å². The van der Waals surface area contributed by atoms with Crippen LogP contribution in [0.2, 0.25) is 0 Å². The molecule has 0 bridgehead atoms. The summed E-state index contributed by atoms with van der Waals surface area (Å²) in [6.45, 7) is 3.39. The van der Waals surface area contributed by atoms with Crippen molar-refractivity contribution in [2.45, 2.75) is 6.92 Å². The quantitative estimate of drug-likeness (QED) is 0.649. The van der Waals surface area contributed by atoms with E-state index in [0.29, 0.717) is 13.2 Å². The van der Waals surface area contributed by atoms with Crippen LogP contribution in [-0.4, -0.2) is 30.6 Å². The first-order valence-corrected chi connectivity index (χ1v) is 4.06. The van der Waals surface area contributed by atoms with Gasteiger partial charge in [0.25, 0.3) is 0 Å². The van der Waals surface area contributed by atoms with Gasteiger partial charge < -0.3 is 9.64 Å². The van der Waals surface area contributed by atoms with E-state index in [0.717, 1.165) is 6.54 Å². The smallest absolute Gasteiger partial charge is 0.325 e. The van der Waals surface area contributed by atoms with Gasteiger partial charge in [0.05, 0.1) is 6.61 Å². The Hall–Kier alpha value is -0.960. The molecule has 0 fully saturated rings. The molecule has 1 aliphatic rings. The highest BCUT2D eigenvalue weighted by molar-refractivity contribution is 5.85. The highest BCUT2D eigenvalue weighted by Gasteiger charge is 2.06. The zero-order valence-corrected chi connectivity index (χ0v) is 8.42. The van der Waals surface area contributed by atoms with Crippen molar-refractivity contribution in [2.75, 3.05) is 19.7 Å². The van der Waals surface area contributed by atoms with Gasteiger partial charge in [-0.3, -0.25) is 4.79 Å². The number of carbonyl (C=O) groups excluding carboxylic acids is 1. The van der Waals surface area contributed by atoms with Crippen LogP contribution in [0.15, 0.2) is 24.4 Å². The lowest BCUT2D eigenvalue weighted by Gasteiger charge is -2.18. The van der Waals surface area contributed by atoms with Gasteiger partial charge in [0.1, 0.15) is 6.54 Å². The molecule has 4 heteroatoms. The largest absolute Gasteiger partial charge is 0.465 e. The van der Waals surface area contributed by atoms with Crippen LogP contribution in [0.1, 0.15) is 6.92 Å². The molecule has 0 radical (unpaired) electrons. The molecule has 0 aromatic carbocycles. The second kappa shape index (κ2) is 6.54. The Bertz CT molecular complexity index is 214. The molecule has 1 rings (SSSR count). The fourth-order valence-corrected chi connectivity index (χ4v) is 0.997. The predicted molar refractivity (Wildman–Crippen MR) is 53.7 cm³/mol. The third-order valence-electron chi connectivity index (χ3n) is 1.52. The molecule has 0 saturated carbocycles. The van der Waals surface area contributed by atoms with Gasteiger partial charge in [-0.2, -0.15) is 0 Å². The summed E-state index contributed by atoms with van der Waals surface area (Å²) in [5.74, 6) is -0.169. The normalized spacial score (nSPS) is 13.8. The number of carbonyl (C=O) groups is 1. The summed E-state index contributed by atoms with van der Waals surface area (Å²) in [6.07, 6.45) is 7.75. The summed E-state index contributed by atoms with van der Waals surface area (Å²) in [7, 11) is 0. The maximum Gasteiger partial charge on any atom is 0.325 e. The molecule has 0 aliphatic carbocycles. The maximum absolute atomic E-state index is 11.0. The van der Waals surface area contributed by atoms with Gasteiger partial charge in [0, 0.05) is 6.54 Å². The van der Waals surface area contributed by atoms with Crippen LogP contribution in [0.5, 0.6) is 0 Å². The highest BCUT2D eigenvalue weighted by Crippen LogP contribution is 1.97. The summed E-state index contributed by atoms with van der Waals surface area (Å²) in [5, 5.41) is 0. The van der Waals surface area contributed by atoms with Gasteiger partial charge in [-0.15, -0.1) is 12.4 Å². The van der Waals surface area contributed by atoms with E-state index in [4.69, 9.17) is 4.74 Å². The Morgan fingerprint density at radius 3 is 2.85 bits per heavy atom. The molecule has 0 spiro atoms. The van der Waals surface area contributed by atoms with Crippen LogP contribution in [0.25, 0.3) is 0 Å². The monoisotopic (exact) mass is 203 g/mol. The molecule has 13 heavy (non-hydrogen) atoms. The lowest BCUT2D eigenvalue weighted by molar-refractivity contribution is -0.143. The molecule has 0 aromatic heterocycles. The van der Waals surface area contributed by atoms with Crippen molar-refractivity contribution in [1.29, 1.82) is 0 Å². The van der Waals surface area contributed by atoms with E-state index in [1.54, 1.807) is 0 Å². The number of esters is 1. The van der Waals surface area contributed by atoms with E-state index >= 15 is 0 Å². The summed E-state index contributed by atoms with van der Waals surface area (Å²) < 4.78 is 4.81. The van der Waals surface area contributed by atoms with Crippen molar-refractivity contribution in [1.82, 2.24) is 4.90 Å². The lowest BCUT2D eigenvalue weighted by Crippen LogP contribution is -2.27. The van der Waals surface area contributed by atoms with Crippen LogP contribution < -0.4 is 0 Å². The second-order valence-electron chi connectivity index (χ2n) is 2.50. The number of rotatable bonds is 3. The van der Waals surface area contributed by atoms with Crippen molar-refractivity contribution in [2.24, 2.45) is 0 Å². The molecule has 3 nitrogen and oxygen atoms in total. The molecule has 74 valence electrons. The van der Waals surface area contributed by atoms with Crippen molar-refractivity contribution in [3.05, 3.63) is 24.4 Å². The molecule has 0 saturated heterocycles. The SMILES string of the molecule is CCOC(=O)CN1C=CC=CC1.Cl. The molecule has 0 atom stereocenters. The Morgan fingerprint density at radius 1 is 1.54 bits per heavy atom. The van der Waals surface area contributed by atoms with Crippen molar-refractivity contribution in [3.8, 4) is 0 Å². The van der Waals surface area contributed by atoms with E-state index in [9.17, 15) is 4.79 Å². The number of hydrogen-bond acceptors (Lipinski definition) is 3. The third-order valence-corrected chi connectivity index (χ3v) is 1.52. The van der Waals surface area contributed by atoms with Crippen molar-refractivity contribution >= 4 is 18.4 Å². The second-order valence-corrected chi connectivity index (χ2v) is 2.50. The van der Waals surface area contributed by atoms with E-state index < -0.39 is 0 Å². The van der Waals surface area contributed by atoms with Gasteiger partial charge in [0.2, 0.25) is 0 Å².